The fraction of sp³-hybridized carbons (Fsp3) is 0.0476. The number of pyridine rings is 1. The molecule has 118 valence electrons. The van der Waals surface area contributed by atoms with Crippen LogP contribution in [0.25, 0.3) is 22.5 Å². The van der Waals surface area contributed by atoms with Crippen molar-refractivity contribution in [1.82, 2.24) is 9.97 Å². The Hall–Kier alpha value is -3.20. The van der Waals surface area contributed by atoms with Crippen LogP contribution in [0, 0.1) is 0 Å². The lowest BCUT2D eigenvalue weighted by Gasteiger charge is -2.07. The average Bonchev–Trinajstić information content (AvgIpc) is 3.14. The van der Waals surface area contributed by atoms with E-state index in [4.69, 9.17) is 0 Å². The third-order valence-corrected chi connectivity index (χ3v) is 3.84. The Labute approximate surface area is 142 Å². The monoisotopic (exact) mass is 313 g/mol. The molecule has 1 N–H and O–H groups in total. The van der Waals surface area contributed by atoms with Gasteiger partial charge in [-0.1, -0.05) is 42.5 Å². The van der Waals surface area contributed by atoms with Crippen LogP contribution in [0.1, 0.15) is 18.1 Å². The predicted molar refractivity (Wildman–Crippen MR) is 102 cm³/mol. The van der Waals surface area contributed by atoms with Gasteiger partial charge in [0.1, 0.15) is 0 Å². The molecular weight excluding hydrogens is 294 g/mol. The van der Waals surface area contributed by atoms with Gasteiger partial charge in [-0.3, -0.25) is 9.98 Å². The van der Waals surface area contributed by atoms with Gasteiger partial charge < -0.3 is 4.98 Å². The maximum atomic E-state index is 4.45. The minimum Gasteiger partial charge on any atom is -0.366 e. The highest BCUT2D eigenvalue weighted by Gasteiger charge is 2.11. The van der Waals surface area contributed by atoms with Gasteiger partial charge in [-0.15, -0.1) is 0 Å². The summed E-state index contributed by atoms with van der Waals surface area (Å²) in [7, 11) is 0. The molecule has 0 fully saturated rings. The number of H-pyrrole nitrogens is 1. The molecule has 2 aromatic heterocycles. The molecule has 2 heterocycles. The maximum Gasteiger partial charge on any atom is 0.0723 e. The van der Waals surface area contributed by atoms with Crippen LogP contribution in [-0.4, -0.2) is 16.7 Å². The third-order valence-electron chi connectivity index (χ3n) is 3.84. The number of benzene rings is 1. The van der Waals surface area contributed by atoms with Crippen molar-refractivity contribution in [2.75, 3.05) is 0 Å². The molecule has 0 bridgehead atoms. The van der Waals surface area contributed by atoms with Crippen LogP contribution in [0.2, 0.25) is 0 Å². The number of aliphatic imine (C=N–C) groups is 1. The predicted octanol–water partition coefficient (Wildman–Crippen LogP) is 5.22. The molecule has 0 amide bonds. The van der Waals surface area contributed by atoms with Crippen molar-refractivity contribution in [3.05, 3.63) is 90.4 Å². The van der Waals surface area contributed by atoms with Gasteiger partial charge in [0, 0.05) is 35.3 Å². The summed E-state index contributed by atoms with van der Waals surface area (Å²) in [5.41, 5.74) is 6.06. The first-order valence-corrected chi connectivity index (χ1v) is 7.82. The first kappa shape index (κ1) is 15.7. The van der Waals surface area contributed by atoms with E-state index in [1.54, 1.807) is 6.20 Å². The fourth-order valence-corrected chi connectivity index (χ4v) is 2.63. The molecule has 0 atom stereocenters. The zero-order chi connectivity index (χ0) is 16.8. The van der Waals surface area contributed by atoms with Crippen LogP contribution in [0.4, 0.5) is 0 Å². The maximum absolute atomic E-state index is 4.45. The number of nitrogens with zero attached hydrogens (tertiary/aromatic N) is 2. The Morgan fingerprint density at radius 2 is 1.88 bits per heavy atom. The molecule has 24 heavy (non-hydrogen) atoms. The van der Waals surface area contributed by atoms with Gasteiger partial charge in [-0.05, 0) is 37.4 Å². The largest absolute Gasteiger partial charge is 0.366 e. The molecule has 0 aliphatic rings. The molecule has 3 rings (SSSR count). The number of allylic oxidation sites excluding steroid dienone is 3. The van der Waals surface area contributed by atoms with Gasteiger partial charge in [0.05, 0.1) is 11.4 Å². The molecular formula is C21H19N3. The van der Waals surface area contributed by atoms with Crippen LogP contribution in [0.15, 0.2) is 84.3 Å². The normalized spacial score (nSPS) is 12.2. The summed E-state index contributed by atoms with van der Waals surface area (Å²) in [4.78, 5) is 11.8. The van der Waals surface area contributed by atoms with Crippen LogP contribution in [0.3, 0.4) is 0 Å². The molecule has 3 nitrogen and oxygen atoms in total. The Morgan fingerprint density at radius 3 is 2.54 bits per heavy atom. The lowest BCUT2D eigenvalue weighted by atomic mass is 9.99. The summed E-state index contributed by atoms with van der Waals surface area (Å²) in [6.45, 7) is 5.74. The zero-order valence-corrected chi connectivity index (χ0v) is 13.6. The van der Waals surface area contributed by atoms with Crippen molar-refractivity contribution in [3.63, 3.8) is 0 Å². The highest BCUT2D eigenvalue weighted by molar-refractivity contribution is 5.89. The molecule has 0 aliphatic carbocycles. The minimum atomic E-state index is 0.844. The fourth-order valence-electron chi connectivity index (χ4n) is 2.63. The number of hydrogen-bond donors (Lipinski definition) is 1. The highest BCUT2D eigenvalue weighted by Crippen LogP contribution is 2.30. The van der Waals surface area contributed by atoms with Gasteiger partial charge in [0.2, 0.25) is 0 Å². The summed E-state index contributed by atoms with van der Waals surface area (Å²) >= 11 is 0. The molecule has 3 aromatic rings. The van der Waals surface area contributed by atoms with E-state index >= 15 is 0 Å². The Kier molecular flexibility index (Phi) is 4.82. The van der Waals surface area contributed by atoms with E-state index in [1.807, 2.05) is 67.8 Å². The van der Waals surface area contributed by atoms with E-state index in [2.05, 4.69) is 33.8 Å². The summed E-state index contributed by atoms with van der Waals surface area (Å²) in [6, 6.07) is 16.0. The van der Waals surface area contributed by atoms with E-state index in [0.29, 0.717) is 0 Å². The standard InChI is InChI=1S/C21H19N3/c1-3-16(13-21(22-2)17-9-5-4-6-10-17)18-14-23-15-19(18)20-11-7-8-12-24-20/h3-15,23H,2H2,1H3/b16-3+,21-13-. The van der Waals surface area contributed by atoms with Crippen LogP contribution < -0.4 is 0 Å². The first-order chi connectivity index (χ1) is 11.8. The third kappa shape index (κ3) is 3.25. The number of aromatic amines is 1. The van der Waals surface area contributed by atoms with Crippen LogP contribution >= 0.6 is 0 Å². The van der Waals surface area contributed by atoms with Crippen molar-refractivity contribution in [2.45, 2.75) is 6.92 Å². The highest BCUT2D eigenvalue weighted by atomic mass is 14.7. The van der Waals surface area contributed by atoms with Crippen molar-refractivity contribution < 1.29 is 0 Å². The van der Waals surface area contributed by atoms with Gasteiger partial charge in [0.15, 0.2) is 0 Å². The van der Waals surface area contributed by atoms with Crippen molar-refractivity contribution in [2.24, 2.45) is 4.99 Å². The van der Waals surface area contributed by atoms with Crippen molar-refractivity contribution in [1.29, 1.82) is 0 Å². The van der Waals surface area contributed by atoms with Gasteiger partial charge in [0.25, 0.3) is 0 Å². The van der Waals surface area contributed by atoms with E-state index in [0.717, 1.165) is 33.7 Å². The molecule has 0 spiro atoms. The number of aromatic nitrogens is 2. The van der Waals surface area contributed by atoms with Gasteiger partial charge in [-0.25, -0.2) is 0 Å². The Bertz CT molecular complexity index is 872. The summed E-state index contributed by atoms with van der Waals surface area (Å²) in [6.07, 6.45) is 9.89. The molecule has 0 radical (unpaired) electrons. The average molecular weight is 313 g/mol. The number of nitrogens with one attached hydrogen (secondary N) is 1. The minimum absolute atomic E-state index is 0.844. The molecule has 3 heteroatoms. The second-order valence-corrected chi connectivity index (χ2v) is 5.30. The summed E-state index contributed by atoms with van der Waals surface area (Å²) < 4.78 is 0. The lowest BCUT2D eigenvalue weighted by molar-refractivity contribution is 1.32. The molecule has 1 aromatic carbocycles. The van der Waals surface area contributed by atoms with Crippen molar-refractivity contribution in [3.8, 4) is 11.3 Å². The lowest BCUT2D eigenvalue weighted by Crippen LogP contribution is -1.87. The van der Waals surface area contributed by atoms with Gasteiger partial charge >= 0.3 is 0 Å². The SMILES string of the molecule is C=N/C(=C\C(=C/C)c1c[nH]cc1-c1ccccn1)c1ccccc1. The molecule has 0 aliphatic heterocycles. The summed E-state index contributed by atoms with van der Waals surface area (Å²) in [5.74, 6) is 0. The topological polar surface area (TPSA) is 41.0 Å². The second-order valence-electron chi connectivity index (χ2n) is 5.30. The van der Waals surface area contributed by atoms with E-state index < -0.39 is 0 Å². The molecule has 0 unspecified atom stereocenters. The van der Waals surface area contributed by atoms with E-state index in [9.17, 15) is 0 Å². The smallest absolute Gasteiger partial charge is 0.0723 e. The van der Waals surface area contributed by atoms with Crippen LogP contribution in [-0.2, 0) is 0 Å². The quantitative estimate of drug-likeness (QED) is 0.509. The van der Waals surface area contributed by atoms with Crippen molar-refractivity contribution >= 4 is 18.0 Å². The number of rotatable bonds is 5. The van der Waals surface area contributed by atoms with Crippen LogP contribution in [0.5, 0.6) is 0 Å². The Balaban J connectivity index is 2.04. The van der Waals surface area contributed by atoms with E-state index in [1.165, 1.54) is 0 Å². The van der Waals surface area contributed by atoms with Gasteiger partial charge in [-0.2, -0.15) is 0 Å². The Morgan fingerprint density at radius 1 is 1.08 bits per heavy atom. The zero-order valence-electron chi connectivity index (χ0n) is 13.6. The second kappa shape index (κ2) is 7.38. The first-order valence-electron chi connectivity index (χ1n) is 7.82. The molecule has 0 saturated heterocycles. The van der Waals surface area contributed by atoms with E-state index in [-0.39, 0.29) is 0 Å². The molecule has 0 saturated carbocycles. The summed E-state index contributed by atoms with van der Waals surface area (Å²) in [5, 5.41) is 0. The number of hydrogen-bond acceptors (Lipinski definition) is 2.